The maximum absolute atomic E-state index is 12.5. The van der Waals surface area contributed by atoms with Crippen molar-refractivity contribution >= 4 is 47.2 Å². The van der Waals surface area contributed by atoms with Crippen LogP contribution in [0.2, 0.25) is 0 Å². The van der Waals surface area contributed by atoms with Gasteiger partial charge in [-0.15, -0.1) is 16.9 Å². The molecule has 2 aliphatic heterocycles. The summed E-state index contributed by atoms with van der Waals surface area (Å²) in [4.78, 5) is 37.2. The lowest BCUT2D eigenvalue weighted by Gasteiger charge is -2.44. The summed E-state index contributed by atoms with van der Waals surface area (Å²) in [7, 11) is 1.68. The summed E-state index contributed by atoms with van der Waals surface area (Å²) in [5.41, 5.74) is 2.06. The van der Waals surface area contributed by atoms with Crippen molar-refractivity contribution in [2.75, 3.05) is 11.5 Å². The third kappa shape index (κ3) is 4.53. The highest BCUT2D eigenvalue weighted by Gasteiger charge is 2.51. The first-order valence-electron chi connectivity index (χ1n) is 8.40. The van der Waals surface area contributed by atoms with Gasteiger partial charge in [-0.25, -0.2) is 19.7 Å². The highest BCUT2D eigenvalue weighted by molar-refractivity contribution is 8.01. The van der Waals surface area contributed by atoms with Crippen LogP contribution in [-0.4, -0.2) is 76.4 Å². The van der Waals surface area contributed by atoms with Gasteiger partial charge in [-0.05, 0) is 36.8 Å². The van der Waals surface area contributed by atoms with Crippen LogP contribution in [0, 0.1) is 0 Å². The first-order chi connectivity index (χ1) is 13.6. The topological polar surface area (TPSA) is 152 Å². The van der Waals surface area contributed by atoms with E-state index in [-0.39, 0.29) is 11.4 Å². The van der Waals surface area contributed by atoms with Crippen molar-refractivity contribution in [3.8, 4) is 0 Å². The Morgan fingerprint density at radius 1 is 1.45 bits per heavy atom. The number of carboxylic acids is 1. The van der Waals surface area contributed by atoms with E-state index in [1.165, 1.54) is 33.1 Å². The van der Waals surface area contributed by atoms with Gasteiger partial charge in [0.25, 0.3) is 5.91 Å². The van der Waals surface area contributed by atoms with Crippen LogP contribution in [0.1, 0.15) is 20.8 Å². The van der Waals surface area contributed by atoms with Crippen molar-refractivity contribution in [3.05, 3.63) is 11.3 Å². The predicted octanol–water partition coefficient (Wildman–Crippen LogP) is 0.437. The zero-order valence-electron chi connectivity index (χ0n) is 16.1. The maximum Gasteiger partial charge on any atom is 0.428 e. The second-order valence-electron chi connectivity index (χ2n) is 7.08. The summed E-state index contributed by atoms with van der Waals surface area (Å²) in [5, 5.41) is 24.5. The molecule has 0 bridgehead atoms. The number of carboxylic acid groups (broad SMARTS) is 1. The van der Waals surface area contributed by atoms with Gasteiger partial charge in [-0.1, -0.05) is 11.8 Å². The normalized spacial score (nSPS) is 20.4. The van der Waals surface area contributed by atoms with Gasteiger partial charge in [0.05, 0.1) is 0 Å². The molecule has 3 heterocycles. The van der Waals surface area contributed by atoms with E-state index >= 15 is 0 Å². The number of aromatic nitrogens is 4. The molecule has 0 spiro atoms. The second kappa shape index (κ2) is 8.02. The lowest BCUT2D eigenvalue weighted by molar-refractivity contribution is -0.139. The van der Waals surface area contributed by atoms with Crippen LogP contribution in [0.3, 0.4) is 0 Å². The number of carbonyl (C=O) groups excluding carboxylic acids is 2. The van der Waals surface area contributed by atoms with E-state index in [1.807, 2.05) is 0 Å². The van der Waals surface area contributed by atoms with Crippen molar-refractivity contribution in [1.29, 1.82) is 0 Å². The Labute approximate surface area is 174 Å². The summed E-state index contributed by atoms with van der Waals surface area (Å²) < 4.78 is 6.55. The Balaban J connectivity index is 1.72. The minimum absolute atomic E-state index is 0.0717. The molecule has 1 atom stereocenters. The van der Waals surface area contributed by atoms with Gasteiger partial charge in [0.2, 0.25) is 5.16 Å². The number of aryl methyl sites for hydroxylation is 1. The fraction of sp³-hybridized carbons (Fsp3) is 0.533. The first kappa shape index (κ1) is 21.1. The first-order valence-corrected chi connectivity index (χ1v) is 10.4. The number of carbonyl (C=O) groups is 3. The molecule has 0 aromatic carbocycles. The number of amides is 2. The molecule has 12 nitrogen and oxygen atoms in total. The van der Waals surface area contributed by atoms with E-state index in [1.54, 1.807) is 27.8 Å². The fourth-order valence-electron chi connectivity index (χ4n) is 2.55. The Bertz CT molecular complexity index is 920. The number of tetrazole rings is 1. The molecule has 0 unspecified atom stereocenters. The van der Waals surface area contributed by atoms with Gasteiger partial charge in [-0.2, -0.15) is 5.10 Å². The number of hydrogen-bond acceptors (Lipinski definition) is 10. The number of β-lactam (4-membered cyclic amide) rings is 1. The smallest absolute Gasteiger partial charge is 0.428 e. The minimum atomic E-state index is -1.20. The third-order valence-electron chi connectivity index (χ3n) is 3.72. The quantitative estimate of drug-likeness (QED) is 0.374. The standard InChI is InChI=1S/C15H19N7O5S2/c1-15(2,3)27-14(26)18-16-8-10(23)22-9(12(24)25)7(5-28-11(8)22)6-29-13-17-19-20-21(13)4/h11H,5-6H2,1-4H3,(H,18,26)(H,24,25)/b16-8-/t11-/m0/s1. The molecular weight excluding hydrogens is 422 g/mol. The number of nitrogens with zero attached hydrogens (tertiary/aromatic N) is 6. The van der Waals surface area contributed by atoms with Crippen molar-refractivity contribution in [2.45, 2.75) is 36.9 Å². The van der Waals surface area contributed by atoms with Crippen LogP contribution in [-0.2, 0) is 21.4 Å². The van der Waals surface area contributed by atoms with Gasteiger partial charge >= 0.3 is 12.1 Å². The minimum Gasteiger partial charge on any atom is -0.477 e. The van der Waals surface area contributed by atoms with E-state index in [4.69, 9.17) is 4.74 Å². The third-order valence-corrected chi connectivity index (χ3v) is 6.09. The zero-order valence-corrected chi connectivity index (χ0v) is 17.7. The molecule has 2 N–H and O–H groups in total. The summed E-state index contributed by atoms with van der Waals surface area (Å²) in [5.74, 6) is -1.06. The lowest BCUT2D eigenvalue weighted by Crippen LogP contribution is -2.63. The average molecular weight is 441 g/mol. The summed E-state index contributed by atoms with van der Waals surface area (Å²) in [6.07, 6.45) is -0.791. The molecule has 2 amide bonds. The molecule has 0 radical (unpaired) electrons. The summed E-state index contributed by atoms with van der Waals surface area (Å²) in [6.45, 7) is 5.11. The number of hydrogen-bond donors (Lipinski definition) is 2. The molecule has 1 saturated heterocycles. The molecule has 1 aromatic heterocycles. The van der Waals surface area contributed by atoms with Gasteiger partial charge < -0.3 is 9.84 Å². The van der Waals surface area contributed by atoms with E-state index < -0.39 is 28.9 Å². The molecule has 156 valence electrons. The number of aliphatic carboxylic acids is 1. The number of fused-ring (bicyclic) bond motifs is 1. The van der Waals surface area contributed by atoms with Gasteiger partial charge in [0, 0.05) is 18.6 Å². The second-order valence-corrected chi connectivity index (χ2v) is 9.09. The Hall–Kier alpha value is -2.61. The number of hydrazone groups is 1. The van der Waals surface area contributed by atoms with Gasteiger partial charge in [0.15, 0.2) is 5.71 Å². The highest BCUT2D eigenvalue weighted by Crippen LogP contribution is 2.39. The molecule has 14 heteroatoms. The van der Waals surface area contributed by atoms with E-state index in [9.17, 15) is 19.5 Å². The molecule has 1 fully saturated rings. The Morgan fingerprint density at radius 2 is 2.17 bits per heavy atom. The van der Waals surface area contributed by atoms with E-state index in [0.717, 1.165) is 0 Å². The van der Waals surface area contributed by atoms with E-state index in [2.05, 4.69) is 26.1 Å². The summed E-state index contributed by atoms with van der Waals surface area (Å²) in [6, 6.07) is 0. The fourth-order valence-corrected chi connectivity index (χ4v) is 4.80. The maximum atomic E-state index is 12.5. The number of ether oxygens (including phenoxy) is 1. The van der Waals surface area contributed by atoms with Crippen LogP contribution in [0.5, 0.6) is 0 Å². The average Bonchev–Trinajstić information content (AvgIpc) is 3.02. The van der Waals surface area contributed by atoms with Crippen LogP contribution >= 0.6 is 23.5 Å². The van der Waals surface area contributed by atoms with Gasteiger partial charge in [-0.3, -0.25) is 9.69 Å². The predicted molar refractivity (Wildman–Crippen MR) is 104 cm³/mol. The largest absolute Gasteiger partial charge is 0.477 e. The molecular formula is C15H19N7O5S2. The van der Waals surface area contributed by atoms with Crippen LogP contribution in [0.4, 0.5) is 4.79 Å². The Kier molecular flexibility index (Phi) is 5.84. The summed E-state index contributed by atoms with van der Waals surface area (Å²) >= 11 is 2.63. The SMILES string of the molecule is Cn1nnnc1SCC1=C(C(=O)O)N2C(=O)/C(=N/NC(=O)OC(C)(C)C)[C@@H]2SC1. The zero-order chi connectivity index (χ0) is 21.3. The molecule has 29 heavy (non-hydrogen) atoms. The van der Waals surface area contributed by atoms with E-state index in [0.29, 0.717) is 22.2 Å². The van der Waals surface area contributed by atoms with Crippen molar-refractivity contribution in [3.63, 3.8) is 0 Å². The molecule has 0 aliphatic carbocycles. The molecule has 3 rings (SSSR count). The monoisotopic (exact) mass is 441 g/mol. The number of rotatable bonds is 5. The van der Waals surface area contributed by atoms with Crippen molar-refractivity contribution in [2.24, 2.45) is 12.1 Å². The molecule has 1 aromatic rings. The lowest BCUT2D eigenvalue weighted by atomic mass is 10.1. The van der Waals surface area contributed by atoms with Crippen LogP contribution < -0.4 is 5.43 Å². The number of nitrogens with one attached hydrogen (secondary N) is 1. The van der Waals surface area contributed by atoms with Crippen molar-refractivity contribution in [1.82, 2.24) is 30.5 Å². The van der Waals surface area contributed by atoms with Crippen LogP contribution in [0.25, 0.3) is 0 Å². The highest BCUT2D eigenvalue weighted by atomic mass is 32.2. The van der Waals surface area contributed by atoms with Crippen molar-refractivity contribution < 1.29 is 24.2 Å². The number of thioether (sulfide) groups is 2. The van der Waals surface area contributed by atoms with Crippen LogP contribution in [0.15, 0.2) is 21.5 Å². The Morgan fingerprint density at radius 3 is 2.76 bits per heavy atom. The molecule has 0 saturated carbocycles. The molecule has 2 aliphatic rings. The van der Waals surface area contributed by atoms with Gasteiger partial charge in [0.1, 0.15) is 16.7 Å².